The van der Waals surface area contributed by atoms with Gasteiger partial charge in [-0.2, -0.15) is 15.0 Å². The van der Waals surface area contributed by atoms with Gasteiger partial charge in [-0.05, 0) is 18.3 Å². The van der Waals surface area contributed by atoms with E-state index in [1.807, 2.05) is 13.2 Å². The van der Waals surface area contributed by atoms with Crippen LogP contribution in [0.15, 0.2) is 6.20 Å². The lowest BCUT2D eigenvalue weighted by atomic mass is 9.57. The molecule has 1 unspecified atom stereocenters. The van der Waals surface area contributed by atoms with Crippen molar-refractivity contribution >= 4 is 0 Å². The first-order chi connectivity index (χ1) is 8.01. The topological polar surface area (TPSA) is 52.0 Å². The number of nitrogens with zero attached hydrogens (tertiary/aromatic N) is 3. The lowest BCUT2D eigenvalue weighted by molar-refractivity contribution is -0.196. The van der Waals surface area contributed by atoms with E-state index in [0.717, 1.165) is 31.7 Å². The summed E-state index contributed by atoms with van der Waals surface area (Å²) in [5, 5.41) is 12.1. The fraction of sp³-hybridized carbons (Fsp3) is 0.833. The van der Waals surface area contributed by atoms with Crippen LogP contribution in [0, 0.1) is 5.41 Å². The Morgan fingerprint density at radius 1 is 1.47 bits per heavy atom. The summed E-state index contributed by atoms with van der Waals surface area (Å²) in [5.74, 6) is 0. The molecule has 0 aromatic carbocycles. The van der Waals surface area contributed by atoms with Crippen LogP contribution in [0.3, 0.4) is 0 Å². The van der Waals surface area contributed by atoms with Crippen molar-refractivity contribution in [3.63, 3.8) is 0 Å². The summed E-state index contributed by atoms with van der Waals surface area (Å²) in [4.78, 5) is 1.61. The molecule has 0 radical (unpaired) electrons. The van der Waals surface area contributed by atoms with Crippen molar-refractivity contribution < 1.29 is 4.74 Å². The maximum atomic E-state index is 6.07. The predicted octanol–water partition coefficient (Wildman–Crippen LogP) is 1.03. The van der Waals surface area contributed by atoms with Gasteiger partial charge < -0.3 is 10.1 Å². The van der Waals surface area contributed by atoms with E-state index in [9.17, 15) is 0 Å². The molecule has 2 heterocycles. The molecule has 0 bridgehead atoms. The Hall–Kier alpha value is -0.940. The van der Waals surface area contributed by atoms with Crippen molar-refractivity contribution in [1.82, 2.24) is 20.3 Å². The van der Waals surface area contributed by atoms with Gasteiger partial charge in [0.05, 0.1) is 24.4 Å². The number of rotatable bonds is 1. The molecule has 1 aromatic heterocycles. The van der Waals surface area contributed by atoms with E-state index in [0.29, 0.717) is 5.41 Å². The second-order valence-electron chi connectivity index (χ2n) is 6.08. The number of hydrogen-bond donors (Lipinski definition) is 1. The Labute approximate surface area is 102 Å². The molecule has 2 fully saturated rings. The largest absolute Gasteiger partial charge is 0.372 e. The van der Waals surface area contributed by atoms with Gasteiger partial charge in [0.25, 0.3) is 0 Å². The molecule has 5 heteroatoms. The van der Waals surface area contributed by atoms with E-state index in [2.05, 4.69) is 29.4 Å². The van der Waals surface area contributed by atoms with Gasteiger partial charge in [-0.25, -0.2) is 0 Å². The average Bonchev–Trinajstić information content (AvgIpc) is 2.62. The Balaban J connectivity index is 1.87. The van der Waals surface area contributed by atoms with Gasteiger partial charge in [-0.3, -0.25) is 0 Å². The second kappa shape index (κ2) is 3.53. The summed E-state index contributed by atoms with van der Waals surface area (Å²) >= 11 is 0. The van der Waals surface area contributed by atoms with Crippen molar-refractivity contribution in [1.29, 1.82) is 0 Å². The fourth-order valence-electron chi connectivity index (χ4n) is 3.47. The molecule has 2 aliphatic rings. The van der Waals surface area contributed by atoms with Gasteiger partial charge in [0.15, 0.2) is 0 Å². The van der Waals surface area contributed by atoms with E-state index in [-0.39, 0.29) is 11.6 Å². The highest BCUT2D eigenvalue weighted by Gasteiger charge is 2.57. The third kappa shape index (κ3) is 1.77. The van der Waals surface area contributed by atoms with Gasteiger partial charge in [-0.15, -0.1) is 0 Å². The average molecular weight is 236 g/mol. The van der Waals surface area contributed by atoms with Crippen molar-refractivity contribution in [3.05, 3.63) is 11.9 Å². The summed E-state index contributed by atoms with van der Waals surface area (Å²) in [6, 6.07) is 0.193. The Morgan fingerprint density at radius 2 is 2.24 bits per heavy atom. The zero-order valence-corrected chi connectivity index (χ0v) is 10.7. The monoisotopic (exact) mass is 236 g/mol. The molecule has 1 saturated carbocycles. The van der Waals surface area contributed by atoms with Gasteiger partial charge in [-0.1, -0.05) is 13.8 Å². The van der Waals surface area contributed by atoms with E-state index in [1.165, 1.54) is 0 Å². The van der Waals surface area contributed by atoms with E-state index >= 15 is 0 Å². The maximum Gasteiger partial charge on any atom is 0.103 e. The van der Waals surface area contributed by atoms with Crippen molar-refractivity contribution in [2.45, 2.75) is 38.3 Å². The standard InChI is InChI=1S/C12H20N4O/c1-11(2)7-12(8-11)10(13-4-5-17-12)9-6-14-16(3)15-9/h6,10,13H,4-5,7-8H2,1-3H3. The number of aromatic nitrogens is 3. The molecule has 1 spiro atoms. The van der Waals surface area contributed by atoms with Crippen LogP contribution in [0.4, 0.5) is 0 Å². The van der Waals surface area contributed by atoms with Crippen LogP contribution in [0.2, 0.25) is 0 Å². The minimum atomic E-state index is -0.0578. The molecule has 1 aliphatic carbocycles. The van der Waals surface area contributed by atoms with E-state index < -0.39 is 0 Å². The molecule has 1 saturated heterocycles. The third-order valence-electron chi connectivity index (χ3n) is 3.83. The lowest BCUT2D eigenvalue weighted by Gasteiger charge is -2.57. The van der Waals surface area contributed by atoms with E-state index in [1.54, 1.807) is 4.80 Å². The van der Waals surface area contributed by atoms with Crippen LogP contribution >= 0.6 is 0 Å². The second-order valence-corrected chi connectivity index (χ2v) is 6.08. The molecule has 17 heavy (non-hydrogen) atoms. The molecule has 1 aromatic rings. The van der Waals surface area contributed by atoms with Crippen LogP contribution in [0.1, 0.15) is 38.4 Å². The highest BCUT2D eigenvalue weighted by molar-refractivity contribution is 5.17. The first kappa shape index (κ1) is 11.2. The van der Waals surface area contributed by atoms with Crippen LogP contribution < -0.4 is 5.32 Å². The molecule has 0 amide bonds. The normalized spacial score (nSPS) is 30.2. The van der Waals surface area contributed by atoms with Crippen LogP contribution in [-0.2, 0) is 11.8 Å². The summed E-state index contributed by atoms with van der Waals surface area (Å²) in [5.41, 5.74) is 1.33. The third-order valence-corrected chi connectivity index (χ3v) is 3.83. The molecule has 1 atom stereocenters. The number of ether oxygens (including phenoxy) is 1. The molecular formula is C12H20N4O. The number of morpholine rings is 1. The highest BCUT2D eigenvalue weighted by atomic mass is 16.5. The summed E-state index contributed by atoms with van der Waals surface area (Å²) < 4.78 is 6.07. The number of hydrogen-bond acceptors (Lipinski definition) is 4. The summed E-state index contributed by atoms with van der Waals surface area (Å²) in [6.07, 6.45) is 4.03. The smallest absolute Gasteiger partial charge is 0.103 e. The van der Waals surface area contributed by atoms with E-state index in [4.69, 9.17) is 4.74 Å². The van der Waals surface area contributed by atoms with Crippen LogP contribution in [0.25, 0.3) is 0 Å². The number of aryl methyl sites for hydroxylation is 1. The molecular weight excluding hydrogens is 216 g/mol. The summed E-state index contributed by atoms with van der Waals surface area (Å²) in [7, 11) is 1.85. The zero-order chi connectivity index (χ0) is 12.1. The Bertz CT molecular complexity index is 418. The first-order valence-electron chi connectivity index (χ1n) is 6.24. The van der Waals surface area contributed by atoms with Crippen LogP contribution in [0.5, 0.6) is 0 Å². The maximum absolute atomic E-state index is 6.07. The van der Waals surface area contributed by atoms with Gasteiger partial charge in [0.2, 0.25) is 0 Å². The predicted molar refractivity (Wildman–Crippen MR) is 63.4 cm³/mol. The fourth-order valence-corrected chi connectivity index (χ4v) is 3.47. The molecule has 5 nitrogen and oxygen atoms in total. The Kier molecular flexibility index (Phi) is 2.32. The van der Waals surface area contributed by atoms with Gasteiger partial charge in [0.1, 0.15) is 5.69 Å². The van der Waals surface area contributed by atoms with Crippen molar-refractivity contribution in [2.24, 2.45) is 12.5 Å². The molecule has 3 rings (SSSR count). The van der Waals surface area contributed by atoms with Crippen LogP contribution in [-0.4, -0.2) is 33.7 Å². The lowest BCUT2D eigenvalue weighted by Crippen LogP contribution is -2.62. The minimum Gasteiger partial charge on any atom is -0.372 e. The Morgan fingerprint density at radius 3 is 2.82 bits per heavy atom. The first-order valence-corrected chi connectivity index (χ1v) is 6.24. The zero-order valence-electron chi connectivity index (χ0n) is 10.7. The van der Waals surface area contributed by atoms with Gasteiger partial charge >= 0.3 is 0 Å². The summed E-state index contributed by atoms with van der Waals surface area (Å²) in [6.45, 7) is 6.28. The highest BCUT2D eigenvalue weighted by Crippen LogP contribution is 2.56. The minimum absolute atomic E-state index is 0.0578. The molecule has 1 aliphatic heterocycles. The quantitative estimate of drug-likeness (QED) is 0.791. The number of nitrogens with one attached hydrogen (secondary N) is 1. The molecule has 1 N–H and O–H groups in total. The van der Waals surface area contributed by atoms with Crippen molar-refractivity contribution in [3.8, 4) is 0 Å². The van der Waals surface area contributed by atoms with Crippen molar-refractivity contribution in [2.75, 3.05) is 13.2 Å². The van der Waals surface area contributed by atoms with Gasteiger partial charge in [0, 0.05) is 13.6 Å². The SMILES string of the molecule is Cn1ncc(C2NCCOC23CC(C)(C)C3)n1. The molecule has 94 valence electrons.